The minimum atomic E-state index is -1.37. The van der Waals surface area contributed by atoms with Crippen LogP contribution in [0, 0.1) is 23.7 Å². The fourth-order valence-electron chi connectivity index (χ4n) is 12.0. The summed E-state index contributed by atoms with van der Waals surface area (Å²) in [6, 6.07) is 11.5. The third kappa shape index (κ3) is 16.9. The first-order valence-corrected chi connectivity index (χ1v) is 28.2. The molecule has 21 nitrogen and oxygen atoms in total. The topological polar surface area (TPSA) is 272 Å². The van der Waals surface area contributed by atoms with Crippen LogP contribution >= 0.6 is 11.8 Å². The zero-order valence-corrected chi connectivity index (χ0v) is 47.2. The number of nitrogens with two attached hydrogens (primary N) is 1. The monoisotopic (exact) mass is 1110 g/mol. The molecule has 1 aliphatic heterocycles. The smallest absolute Gasteiger partial charge is 0.330 e. The van der Waals surface area contributed by atoms with Gasteiger partial charge in [-0.1, -0.05) is 19.9 Å². The number of rotatable bonds is 26. The van der Waals surface area contributed by atoms with Gasteiger partial charge in [0, 0.05) is 70.8 Å². The number of carboxylic acid groups (broad SMARTS) is 4. The second-order valence-corrected chi connectivity index (χ2v) is 23.1. The first-order chi connectivity index (χ1) is 37.2. The minimum absolute atomic E-state index is 0.0684. The van der Waals surface area contributed by atoms with Gasteiger partial charge in [-0.2, -0.15) is 0 Å². The van der Waals surface area contributed by atoms with Gasteiger partial charge in [0.25, 0.3) is 5.91 Å². The third-order valence-electron chi connectivity index (χ3n) is 16.0. The van der Waals surface area contributed by atoms with E-state index in [2.05, 4.69) is 37.2 Å². The number of amides is 2. The number of benzene rings is 2. The van der Waals surface area contributed by atoms with Gasteiger partial charge in [-0.25, -0.2) is 9.79 Å². The van der Waals surface area contributed by atoms with Crippen LogP contribution in [0.1, 0.15) is 75.8 Å². The lowest BCUT2D eigenvalue weighted by Gasteiger charge is -2.59. The van der Waals surface area contributed by atoms with Crippen molar-refractivity contribution < 1.29 is 58.7 Å². The van der Waals surface area contributed by atoms with Gasteiger partial charge in [0.1, 0.15) is 17.0 Å². The lowest BCUT2D eigenvalue weighted by Crippen LogP contribution is -2.70. The SMILES string of the molecule is COc1cccc(OC)c1C(C=C(N)C(=O)NC1(C(=O)O)C2CC3CC(C2)CC1C3)=Nc1ccc(SCCCN(C)CCCN(C)C(=O)CN2CCN(CC(=O)O)CCN(CC(=O)O)CCN(CC(=O)O)CC2)cc1C(C)C. The van der Waals surface area contributed by atoms with Crippen LogP contribution in [0.2, 0.25) is 0 Å². The van der Waals surface area contributed by atoms with Gasteiger partial charge in [-0.15, -0.1) is 11.8 Å². The van der Waals surface area contributed by atoms with E-state index < -0.39 is 35.3 Å². The Hall–Kier alpha value is -5.78. The van der Waals surface area contributed by atoms with E-state index in [1.165, 1.54) is 6.08 Å². The van der Waals surface area contributed by atoms with Gasteiger partial charge in [0.15, 0.2) is 0 Å². The standard InChI is InChI=1S/C56H83N9O12S/c1-37(2)43-31-42(12-13-45(43)58-46(53-47(76-5)10-7-11-48(53)77-6)32-44(57)54(73)59-56(55(74)75)40-27-38-26-39(29-40)30-41(56)28-38)78-25-9-15-60(3)14-8-16-61(4)49(66)33-62-17-19-63(34-50(67)68)21-23-65(36-52(71)72)24-22-64(20-18-62)35-51(69)70/h7,10-13,31-32,37-41H,8-9,14-30,33-36,57H2,1-6H3,(H,59,73)(H,67,68)(H,69,70)(H,71,72)(H,74,75). The average molecular weight is 1110 g/mol. The van der Waals surface area contributed by atoms with Gasteiger partial charge in [0.2, 0.25) is 5.91 Å². The predicted molar refractivity (Wildman–Crippen MR) is 298 cm³/mol. The van der Waals surface area contributed by atoms with Gasteiger partial charge >= 0.3 is 23.9 Å². The highest BCUT2D eigenvalue weighted by Gasteiger charge is 2.62. The van der Waals surface area contributed by atoms with Crippen LogP contribution in [0.25, 0.3) is 0 Å². The summed E-state index contributed by atoms with van der Waals surface area (Å²) < 4.78 is 11.6. The van der Waals surface area contributed by atoms with Crippen LogP contribution in [-0.2, 0) is 28.8 Å². The van der Waals surface area contributed by atoms with Gasteiger partial charge in [-0.05, 0) is 142 Å². The van der Waals surface area contributed by atoms with E-state index in [0.717, 1.165) is 74.2 Å². The molecule has 0 aromatic heterocycles. The van der Waals surface area contributed by atoms with Crippen molar-refractivity contribution in [3.63, 3.8) is 0 Å². The number of nitrogens with zero attached hydrogens (tertiary/aromatic N) is 7. The molecule has 1 saturated heterocycles. The molecule has 4 saturated carbocycles. The maximum Gasteiger partial charge on any atom is 0.330 e. The van der Waals surface area contributed by atoms with Crippen molar-refractivity contribution in [2.45, 2.75) is 75.1 Å². The number of nitrogens with one attached hydrogen (secondary N) is 1. The number of likely N-dealkylation sites (N-methyl/N-ethyl adjacent to an activating group) is 1. The van der Waals surface area contributed by atoms with E-state index in [4.69, 9.17) is 20.2 Å². The van der Waals surface area contributed by atoms with Crippen molar-refractivity contribution in [2.75, 3.05) is 132 Å². The molecule has 5 aliphatic rings. The lowest BCUT2D eigenvalue weighted by atomic mass is 9.48. The van der Waals surface area contributed by atoms with Crippen LogP contribution < -0.4 is 20.5 Å². The molecule has 430 valence electrons. The molecular formula is C56H83N9O12S. The molecule has 7 rings (SSSR count). The Labute approximate surface area is 463 Å². The molecule has 4 bridgehead atoms. The average Bonchev–Trinajstić information content (AvgIpc) is 3.17. The molecule has 2 aromatic carbocycles. The number of hydrogen-bond acceptors (Lipinski definition) is 16. The molecule has 5 fully saturated rings. The summed E-state index contributed by atoms with van der Waals surface area (Å²) in [6.45, 7) is 8.34. The number of ether oxygens (including phenoxy) is 2. The number of allylic oxidation sites excluding steroid dienone is 1. The minimum Gasteiger partial charge on any atom is -0.496 e. The maximum atomic E-state index is 14.1. The number of hydrogen-bond donors (Lipinski definition) is 6. The molecular weight excluding hydrogens is 1020 g/mol. The first-order valence-electron chi connectivity index (χ1n) is 27.3. The summed E-state index contributed by atoms with van der Waals surface area (Å²) in [6.07, 6.45) is 7.43. The molecule has 0 unspecified atom stereocenters. The van der Waals surface area contributed by atoms with Crippen molar-refractivity contribution in [1.29, 1.82) is 0 Å². The number of carbonyl (C=O) groups is 6. The number of aliphatic imine (C=N–C) groups is 1. The summed E-state index contributed by atoms with van der Waals surface area (Å²) in [5.41, 5.74) is 7.56. The molecule has 7 N–H and O–H groups in total. The van der Waals surface area contributed by atoms with Crippen LogP contribution in [0.3, 0.4) is 0 Å². The Morgan fingerprint density at radius 1 is 0.731 bits per heavy atom. The Balaban J connectivity index is 1.04. The quantitative estimate of drug-likeness (QED) is 0.0337. The van der Waals surface area contributed by atoms with E-state index in [1.807, 2.05) is 17.0 Å². The molecule has 0 atom stereocenters. The highest BCUT2D eigenvalue weighted by Crippen LogP contribution is 2.58. The zero-order chi connectivity index (χ0) is 56.7. The Morgan fingerprint density at radius 3 is 1.68 bits per heavy atom. The Kier molecular flexibility index (Phi) is 22.8. The normalized spacial score (nSPS) is 22.9. The predicted octanol–water partition coefficient (Wildman–Crippen LogP) is 3.92. The van der Waals surface area contributed by atoms with Crippen molar-refractivity contribution in [3.05, 3.63) is 59.3 Å². The van der Waals surface area contributed by atoms with Crippen molar-refractivity contribution in [1.82, 2.24) is 34.7 Å². The molecule has 78 heavy (non-hydrogen) atoms. The summed E-state index contributed by atoms with van der Waals surface area (Å²) in [5, 5.41) is 42.3. The van der Waals surface area contributed by atoms with Gasteiger partial charge < -0.3 is 50.8 Å². The van der Waals surface area contributed by atoms with Crippen LogP contribution in [-0.4, -0.2) is 229 Å². The molecule has 22 heteroatoms. The highest BCUT2D eigenvalue weighted by atomic mass is 32.2. The molecule has 4 aliphatic carbocycles. The van der Waals surface area contributed by atoms with Crippen LogP contribution in [0.5, 0.6) is 11.5 Å². The summed E-state index contributed by atoms with van der Waals surface area (Å²) in [7, 11) is 6.92. The molecule has 0 radical (unpaired) electrons. The number of aliphatic carboxylic acids is 4. The number of methoxy groups -OCH3 is 2. The highest BCUT2D eigenvalue weighted by molar-refractivity contribution is 7.99. The van der Waals surface area contributed by atoms with Crippen molar-refractivity contribution in [2.24, 2.45) is 34.4 Å². The van der Waals surface area contributed by atoms with Crippen molar-refractivity contribution in [3.8, 4) is 11.5 Å². The van der Waals surface area contributed by atoms with E-state index in [0.29, 0.717) is 99.2 Å². The van der Waals surface area contributed by atoms with Gasteiger partial charge in [-0.3, -0.25) is 43.6 Å². The molecule has 0 spiro atoms. The second kappa shape index (κ2) is 28.9. The summed E-state index contributed by atoms with van der Waals surface area (Å²) >= 11 is 1.74. The number of carbonyl (C=O) groups excluding carboxylic acids is 2. The maximum absolute atomic E-state index is 14.1. The van der Waals surface area contributed by atoms with E-state index in [1.54, 1.807) is 70.8 Å². The first kappa shape index (κ1) is 61.4. The molecule has 2 amide bonds. The lowest BCUT2D eigenvalue weighted by molar-refractivity contribution is -0.167. The number of thioether (sulfide) groups is 1. The third-order valence-corrected chi connectivity index (χ3v) is 17.1. The molecule has 1 heterocycles. The second-order valence-electron chi connectivity index (χ2n) is 21.9. The van der Waals surface area contributed by atoms with Crippen LogP contribution in [0.15, 0.2) is 58.1 Å². The van der Waals surface area contributed by atoms with E-state index in [-0.39, 0.29) is 55.5 Å². The van der Waals surface area contributed by atoms with Crippen molar-refractivity contribution >= 4 is 58.9 Å². The summed E-state index contributed by atoms with van der Waals surface area (Å²) in [5.74, 6) is -2.24. The fourth-order valence-corrected chi connectivity index (χ4v) is 12.9. The Morgan fingerprint density at radius 2 is 1.22 bits per heavy atom. The number of carboxylic acids is 4. The van der Waals surface area contributed by atoms with E-state index >= 15 is 0 Å². The zero-order valence-electron chi connectivity index (χ0n) is 46.4. The van der Waals surface area contributed by atoms with E-state index in [9.17, 15) is 49.2 Å². The largest absolute Gasteiger partial charge is 0.496 e. The Bertz CT molecular complexity index is 2410. The van der Waals surface area contributed by atoms with Crippen LogP contribution in [0.4, 0.5) is 5.69 Å². The molecule has 2 aromatic rings. The summed E-state index contributed by atoms with van der Waals surface area (Å²) in [4.78, 5) is 93.0. The van der Waals surface area contributed by atoms with Gasteiger partial charge in [0.05, 0.1) is 63.1 Å². The fraction of sp³-hybridized carbons (Fsp3) is 0.625.